The monoisotopic (exact) mass is 292 g/mol. The standard InChI is InChI=1S/C14H16N2O3S/c15-8-7-11-2-5-14(6-3-11)20(18,19)16-13-4-1-12(9-13)10-17/h1-6,12-13,16-17H,7,9-10H2/t12-,13+/m0/s1. The van der Waals surface area contributed by atoms with Crippen LogP contribution >= 0.6 is 0 Å². The van der Waals surface area contributed by atoms with Crippen molar-refractivity contribution in [1.82, 2.24) is 4.72 Å². The zero-order valence-electron chi connectivity index (χ0n) is 10.9. The lowest BCUT2D eigenvalue weighted by Gasteiger charge is -2.13. The minimum atomic E-state index is -3.57. The van der Waals surface area contributed by atoms with Gasteiger partial charge in [-0.3, -0.25) is 0 Å². The van der Waals surface area contributed by atoms with Crippen molar-refractivity contribution in [2.45, 2.75) is 23.8 Å². The van der Waals surface area contributed by atoms with Gasteiger partial charge >= 0.3 is 0 Å². The second kappa shape index (κ2) is 6.18. The molecule has 0 spiro atoms. The normalized spacial score (nSPS) is 21.8. The number of nitrogens with zero attached hydrogens (tertiary/aromatic N) is 1. The summed E-state index contributed by atoms with van der Waals surface area (Å²) in [6.45, 7) is 0.0254. The van der Waals surface area contributed by atoms with Gasteiger partial charge in [0.2, 0.25) is 10.0 Å². The van der Waals surface area contributed by atoms with Crippen molar-refractivity contribution in [2.24, 2.45) is 5.92 Å². The molecule has 1 aliphatic rings. The maximum Gasteiger partial charge on any atom is 0.241 e. The molecule has 106 valence electrons. The highest BCUT2D eigenvalue weighted by Gasteiger charge is 2.23. The largest absolute Gasteiger partial charge is 0.396 e. The van der Waals surface area contributed by atoms with Gasteiger partial charge in [0.15, 0.2) is 0 Å². The maximum atomic E-state index is 12.2. The average Bonchev–Trinajstić information content (AvgIpc) is 2.87. The molecule has 1 aromatic rings. The Labute approximate surface area is 118 Å². The molecule has 2 N–H and O–H groups in total. The summed E-state index contributed by atoms with van der Waals surface area (Å²) in [5.74, 6) is 0.0145. The van der Waals surface area contributed by atoms with E-state index in [0.29, 0.717) is 6.42 Å². The Morgan fingerprint density at radius 1 is 1.30 bits per heavy atom. The molecule has 6 heteroatoms. The molecule has 0 aliphatic heterocycles. The van der Waals surface area contributed by atoms with Crippen LogP contribution in [0.4, 0.5) is 0 Å². The number of benzene rings is 1. The van der Waals surface area contributed by atoms with E-state index < -0.39 is 10.0 Å². The second-order valence-electron chi connectivity index (χ2n) is 4.77. The first-order valence-corrected chi connectivity index (χ1v) is 7.81. The predicted molar refractivity (Wildman–Crippen MR) is 74.2 cm³/mol. The summed E-state index contributed by atoms with van der Waals surface area (Å²) < 4.78 is 27.0. The number of sulfonamides is 1. The van der Waals surface area contributed by atoms with Crippen molar-refractivity contribution in [3.05, 3.63) is 42.0 Å². The molecular formula is C14H16N2O3S. The molecule has 0 saturated heterocycles. The molecular weight excluding hydrogens is 276 g/mol. The Balaban J connectivity index is 2.07. The smallest absolute Gasteiger partial charge is 0.241 e. The van der Waals surface area contributed by atoms with Crippen molar-refractivity contribution in [3.8, 4) is 6.07 Å². The number of hydrogen-bond donors (Lipinski definition) is 2. The number of nitriles is 1. The van der Waals surface area contributed by atoms with Gasteiger partial charge in [0.1, 0.15) is 0 Å². The molecule has 0 bridgehead atoms. The molecule has 20 heavy (non-hydrogen) atoms. The molecule has 0 heterocycles. The van der Waals surface area contributed by atoms with Gasteiger partial charge in [0.25, 0.3) is 0 Å². The first kappa shape index (κ1) is 14.7. The van der Waals surface area contributed by atoms with Crippen molar-refractivity contribution < 1.29 is 13.5 Å². The third-order valence-corrected chi connectivity index (χ3v) is 4.74. The van der Waals surface area contributed by atoms with Crippen molar-refractivity contribution in [3.63, 3.8) is 0 Å². The van der Waals surface area contributed by atoms with Crippen LogP contribution in [-0.2, 0) is 16.4 Å². The lowest BCUT2D eigenvalue weighted by molar-refractivity contribution is 0.248. The van der Waals surface area contributed by atoms with E-state index in [1.54, 1.807) is 18.2 Å². The van der Waals surface area contributed by atoms with Gasteiger partial charge in [-0.25, -0.2) is 13.1 Å². The van der Waals surface area contributed by atoms with E-state index in [0.717, 1.165) is 5.56 Å². The molecule has 0 radical (unpaired) electrons. The predicted octanol–water partition coefficient (Wildman–Crippen LogP) is 0.968. The Morgan fingerprint density at radius 2 is 2.00 bits per heavy atom. The topological polar surface area (TPSA) is 90.2 Å². The Kier molecular flexibility index (Phi) is 4.55. The van der Waals surface area contributed by atoms with Crippen LogP contribution in [0.1, 0.15) is 12.0 Å². The van der Waals surface area contributed by atoms with Gasteiger partial charge in [-0.15, -0.1) is 0 Å². The Bertz CT molecular complexity index is 629. The summed E-state index contributed by atoms with van der Waals surface area (Å²) in [5.41, 5.74) is 0.785. The SMILES string of the molecule is N#CCc1ccc(S(=O)(=O)N[C@@H]2C=C[C@H](CO)C2)cc1. The molecule has 0 fully saturated rings. The van der Waals surface area contributed by atoms with E-state index in [1.165, 1.54) is 12.1 Å². The molecule has 1 aromatic carbocycles. The fourth-order valence-electron chi connectivity index (χ4n) is 2.14. The van der Waals surface area contributed by atoms with E-state index in [1.807, 2.05) is 12.1 Å². The van der Waals surface area contributed by atoms with E-state index in [2.05, 4.69) is 4.72 Å². The Morgan fingerprint density at radius 3 is 2.55 bits per heavy atom. The van der Waals surface area contributed by atoms with Crippen LogP contribution in [0.2, 0.25) is 0 Å². The van der Waals surface area contributed by atoms with E-state index in [-0.39, 0.29) is 29.9 Å². The summed E-state index contributed by atoms with van der Waals surface area (Å²) in [4.78, 5) is 0.181. The van der Waals surface area contributed by atoms with E-state index in [4.69, 9.17) is 10.4 Å². The van der Waals surface area contributed by atoms with Crippen LogP contribution in [0.5, 0.6) is 0 Å². The van der Waals surface area contributed by atoms with Crippen molar-refractivity contribution >= 4 is 10.0 Å². The minimum Gasteiger partial charge on any atom is -0.396 e. The van der Waals surface area contributed by atoms with Crippen LogP contribution in [0, 0.1) is 17.2 Å². The van der Waals surface area contributed by atoms with Gasteiger partial charge < -0.3 is 5.11 Å². The highest BCUT2D eigenvalue weighted by atomic mass is 32.2. The molecule has 1 aliphatic carbocycles. The van der Waals surface area contributed by atoms with Crippen LogP contribution in [0.15, 0.2) is 41.3 Å². The molecule has 5 nitrogen and oxygen atoms in total. The molecule has 0 unspecified atom stereocenters. The van der Waals surface area contributed by atoms with Gasteiger partial charge in [-0.2, -0.15) is 5.26 Å². The van der Waals surface area contributed by atoms with Crippen molar-refractivity contribution in [2.75, 3.05) is 6.61 Å². The van der Waals surface area contributed by atoms with Gasteiger partial charge in [0, 0.05) is 18.6 Å². The molecule has 0 saturated carbocycles. The number of rotatable bonds is 5. The summed E-state index contributed by atoms with van der Waals surface area (Å²) >= 11 is 0. The minimum absolute atomic E-state index is 0.0145. The first-order chi connectivity index (χ1) is 9.55. The molecule has 0 aromatic heterocycles. The highest BCUT2D eigenvalue weighted by Crippen LogP contribution is 2.19. The quantitative estimate of drug-likeness (QED) is 0.791. The van der Waals surface area contributed by atoms with E-state index in [9.17, 15) is 8.42 Å². The zero-order chi connectivity index (χ0) is 14.6. The summed E-state index contributed by atoms with van der Waals surface area (Å²) in [7, 11) is -3.57. The summed E-state index contributed by atoms with van der Waals surface area (Å²) in [6, 6.07) is 8.00. The zero-order valence-corrected chi connectivity index (χ0v) is 11.7. The van der Waals surface area contributed by atoms with Gasteiger partial charge in [-0.1, -0.05) is 24.3 Å². The van der Waals surface area contributed by atoms with Crippen LogP contribution in [0.3, 0.4) is 0 Å². The highest BCUT2D eigenvalue weighted by molar-refractivity contribution is 7.89. The fraction of sp³-hybridized carbons (Fsp3) is 0.357. The average molecular weight is 292 g/mol. The summed E-state index contributed by atoms with van der Waals surface area (Å²) in [5, 5.41) is 17.6. The van der Waals surface area contributed by atoms with Crippen molar-refractivity contribution in [1.29, 1.82) is 5.26 Å². The molecule has 0 amide bonds. The van der Waals surface area contributed by atoms with Gasteiger partial charge in [-0.05, 0) is 24.1 Å². The Hall–Kier alpha value is -1.68. The number of hydrogen-bond acceptors (Lipinski definition) is 4. The second-order valence-corrected chi connectivity index (χ2v) is 6.48. The number of aliphatic hydroxyl groups is 1. The third kappa shape index (κ3) is 3.45. The lowest BCUT2D eigenvalue weighted by Crippen LogP contribution is -2.32. The molecule has 2 rings (SSSR count). The number of aliphatic hydroxyl groups excluding tert-OH is 1. The third-order valence-electron chi connectivity index (χ3n) is 3.23. The lowest BCUT2D eigenvalue weighted by atomic mass is 10.1. The number of nitrogens with one attached hydrogen (secondary N) is 1. The first-order valence-electron chi connectivity index (χ1n) is 6.32. The van der Waals surface area contributed by atoms with Crippen LogP contribution in [-0.4, -0.2) is 26.2 Å². The van der Waals surface area contributed by atoms with Crippen LogP contribution < -0.4 is 4.72 Å². The molecule has 2 atom stereocenters. The van der Waals surface area contributed by atoms with E-state index >= 15 is 0 Å². The van der Waals surface area contributed by atoms with Gasteiger partial charge in [0.05, 0.1) is 17.4 Å². The summed E-state index contributed by atoms with van der Waals surface area (Å²) in [6.07, 6.45) is 4.42. The fourth-order valence-corrected chi connectivity index (χ4v) is 3.35. The maximum absolute atomic E-state index is 12.2. The van der Waals surface area contributed by atoms with Crippen LogP contribution in [0.25, 0.3) is 0 Å².